The molecule has 0 N–H and O–H groups in total. The molecule has 0 aliphatic rings. The molecule has 0 saturated carbocycles. The number of carbonyl (C=O) groups excluding carboxylic acids is 1. The Bertz CT molecular complexity index is 1050. The molecule has 0 radical (unpaired) electrons. The lowest BCUT2D eigenvalue weighted by molar-refractivity contribution is 0.104. The van der Waals surface area contributed by atoms with Crippen LogP contribution in [0.5, 0.6) is 0 Å². The van der Waals surface area contributed by atoms with E-state index in [4.69, 9.17) is 4.98 Å². The van der Waals surface area contributed by atoms with Crippen LogP contribution in [0, 0.1) is 6.92 Å². The summed E-state index contributed by atoms with van der Waals surface area (Å²) in [7, 11) is 0. The molecule has 4 aromatic rings. The first-order valence-electron chi connectivity index (χ1n) is 8.29. The van der Waals surface area contributed by atoms with E-state index in [1.807, 2.05) is 91.9 Å². The van der Waals surface area contributed by atoms with E-state index in [1.165, 1.54) is 0 Å². The van der Waals surface area contributed by atoms with Gasteiger partial charge in [-0.3, -0.25) is 4.79 Å². The van der Waals surface area contributed by atoms with Crippen LogP contribution in [0.3, 0.4) is 0 Å². The zero-order valence-electron chi connectivity index (χ0n) is 13.9. The Balaban J connectivity index is 1.99. The third-order valence-electron chi connectivity index (χ3n) is 4.39. The monoisotopic (exact) mass is 323 g/mol. The van der Waals surface area contributed by atoms with Crippen LogP contribution in [0.2, 0.25) is 0 Å². The normalized spacial score (nSPS) is 10.8. The second kappa shape index (κ2) is 6.33. The van der Waals surface area contributed by atoms with Crippen LogP contribution in [-0.2, 0) is 0 Å². The average Bonchev–Trinajstić information content (AvgIpc) is 2.68. The molecule has 3 aromatic carbocycles. The molecule has 0 unspecified atom stereocenters. The summed E-state index contributed by atoms with van der Waals surface area (Å²) in [6, 6.07) is 27.3. The first-order chi connectivity index (χ1) is 12.2. The molecule has 0 amide bonds. The fourth-order valence-corrected chi connectivity index (χ4v) is 3.08. The first-order valence-corrected chi connectivity index (χ1v) is 8.29. The third-order valence-corrected chi connectivity index (χ3v) is 4.39. The summed E-state index contributed by atoms with van der Waals surface area (Å²) in [6.45, 7) is 2.03. The first kappa shape index (κ1) is 15.3. The van der Waals surface area contributed by atoms with Crippen molar-refractivity contribution < 1.29 is 4.79 Å². The summed E-state index contributed by atoms with van der Waals surface area (Å²) >= 11 is 0. The molecule has 25 heavy (non-hydrogen) atoms. The van der Waals surface area contributed by atoms with Gasteiger partial charge in [-0.2, -0.15) is 0 Å². The molecule has 2 nitrogen and oxygen atoms in total. The van der Waals surface area contributed by atoms with Crippen molar-refractivity contribution in [1.29, 1.82) is 0 Å². The second-order valence-corrected chi connectivity index (χ2v) is 6.09. The van der Waals surface area contributed by atoms with Gasteiger partial charge < -0.3 is 0 Å². The highest BCUT2D eigenvalue weighted by molar-refractivity contribution is 6.16. The van der Waals surface area contributed by atoms with Crippen molar-refractivity contribution in [1.82, 2.24) is 4.98 Å². The predicted molar refractivity (Wildman–Crippen MR) is 102 cm³/mol. The van der Waals surface area contributed by atoms with Gasteiger partial charge in [0.05, 0.1) is 11.2 Å². The largest absolute Gasteiger partial charge is 0.289 e. The number of pyridine rings is 1. The van der Waals surface area contributed by atoms with Gasteiger partial charge >= 0.3 is 0 Å². The molecule has 0 aliphatic heterocycles. The van der Waals surface area contributed by atoms with Crippen LogP contribution in [0.25, 0.3) is 22.2 Å². The Morgan fingerprint density at radius 2 is 1.48 bits per heavy atom. The minimum atomic E-state index is 0.0239. The van der Waals surface area contributed by atoms with E-state index in [0.29, 0.717) is 11.1 Å². The van der Waals surface area contributed by atoms with E-state index in [1.54, 1.807) is 0 Å². The van der Waals surface area contributed by atoms with Gasteiger partial charge in [-0.25, -0.2) is 4.98 Å². The number of aryl methyl sites for hydroxylation is 1. The molecular weight excluding hydrogens is 306 g/mol. The maximum absolute atomic E-state index is 13.1. The van der Waals surface area contributed by atoms with Gasteiger partial charge in [0.15, 0.2) is 5.78 Å². The van der Waals surface area contributed by atoms with E-state index >= 15 is 0 Å². The lowest BCUT2D eigenvalue weighted by atomic mass is 9.96. The summed E-state index contributed by atoms with van der Waals surface area (Å²) in [4.78, 5) is 18.0. The molecule has 0 bridgehead atoms. The minimum Gasteiger partial charge on any atom is -0.289 e. The zero-order chi connectivity index (χ0) is 17.2. The van der Waals surface area contributed by atoms with E-state index in [2.05, 4.69) is 0 Å². The molecule has 1 heterocycles. The third kappa shape index (κ3) is 2.83. The van der Waals surface area contributed by atoms with Crippen molar-refractivity contribution in [2.45, 2.75) is 6.92 Å². The highest BCUT2D eigenvalue weighted by Gasteiger charge is 2.16. The lowest BCUT2D eigenvalue weighted by Crippen LogP contribution is -2.04. The van der Waals surface area contributed by atoms with Crippen molar-refractivity contribution in [2.75, 3.05) is 0 Å². The lowest BCUT2D eigenvalue weighted by Gasteiger charge is -2.11. The smallest absolute Gasteiger partial charge is 0.193 e. The quantitative estimate of drug-likeness (QED) is 0.470. The van der Waals surface area contributed by atoms with Gasteiger partial charge in [-0.15, -0.1) is 0 Å². The Hall–Kier alpha value is -3.26. The van der Waals surface area contributed by atoms with Crippen LogP contribution >= 0.6 is 0 Å². The van der Waals surface area contributed by atoms with Crippen LogP contribution in [0.15, 0.2) is 84.9 Å². The van der Waals surface area contributed by atoms with E-state index in [0.717, 1.165) is 27.7 Å². The summed E-state index contributed by atoms with van der Waals surface area (Å²) in [5.74, 6) is 0.0239. The van der Waals surface area contributed by atoms with Gasteiger partial charge in [-0.05, 0) is 18.6 Å². The maximum Gasteiger partial charge on any atom is 0.193 e. The Kier molecular flexibility index (Phi) is 3.87. The molecule has 120 valence electrons. The van der Waals surface area contributed by atoms with Gasteiger partial charge in [0.25, 0.3) is 0 Å². The van der Waals surface area contributed by atoms with E-state index in [9.17, 15) is 4.79 Å². The molecule has 4 rings (SSSR count). The zero-order valence-corrected chi connectivity index (χ0v) is 13.9. The SMILES string of the molecule is Cc1cccc2c(C(=O)c3ccccc3)cc(-c3ccccc3)nc12. The second-order valence-electron chi connectivity index (χ2n) is 6.09. The standard InChI is InChI=1S/C23H17NO/c1-16-9-8-14-19-20(23(25)18-12-6-3-7-13-18)15-21(24-22(16)19)17-10-4-2-5-11-17/h2-15H,1H3. The summed E-state index contributed by atoms with van der Waals surface area (Å²) < 4.78 is 0. The number of aromatic nitrogens is 1. The molecule has 0 atom stereocenters. The molecular formula is C23H17NO. The molecule has 0 aliphatic carbocycles. The number of para-hydroxylation sites is 1. The van der Waals surface area contributed by atoms with Gasteiger partial charge in [-0.1, -0.05) is 78.9 Å². The average molecular weight is 323 g/mol. The number of rotatable bonds is 3. The van der Waals surface area contributed by atoms with Gasteiger partial charge in [0.1, 0.15) is 0 Å². The van der Waals surface area contributed by atoms with Crippen LogP contribution in [-0.4, -0.2) is 10.8 Å². The van der Waals surface area contributed by atoms with Crippen LogP contribution < -0.4 is 0 Å². The highest BCUT2D eigenvalue weighted by Crippen LogP contribution is 2.28. The minimum absolute atomic E-state index is 0.0239. The van der Waals surface area contributed by atoms with Crippen molar-refractivity contribution in [2.24, 2.45) is 0 Å². The maximum atomic E-state index is 13.1. The fraction of sp³-hybridized carbons (Fsp3) is 0.0435. The van der Waals surface area contributed by atoms with Gasteiger partial charge in [0, 0.05) is 22.1 Å². The topological polar surface area (TPSA) is 30.0 Å². The summed E-state index contributed by atoms with van der Waals surface area (Å²) in [5, 5.41) is 0.897. The number of hydrogen-bond donors (Lipinski definition) is 0. The number of fused-ring (bicyclic) bond motifs is 1. The van der Waals surface area contributed by atoms with Crippen molar-refractivity contribution >= 4 is 16.7 Å². The molecule has 0 fully saturated rings. The van der Waals surface area contributed by atoms with Crippen molar-refractivity contribution in [3.8, 4) is 11.3 Å². The van der Waals surface area contributed by atoms with Crippen LogP contribution in [0.1, 0.15) is 21.5 Å². The van der Waals surface area contributed by atoms with Gasteiger partial charge in [0.2, 0.25) is 0 Å². The number of ketones is 1. The molecule has 0 spiro atoms. The van der Waals surface area contributed by atoms with E-state index in [-0.39, 0.29) is 5.78 Å². The summed E-state index contributed by atoms with van der Waals surface area (Å²) in [5.41, 5.74) is 5.16. The number of benzene rings is 3. The van der Waals surface area contributed by atoms with Crippen molar-refractivity contribution in [3.63, 3.8) is 0 Å². The number of hydrogen-bond acceptors (Lipinski definition) is 2. The molecule has 2 heteroatoms. The number of carbonyl (C=O) groups is 1. The Labute approximate surface area is 146 Å². The summed E-state index contributed by atoms with van der Waals surface area (Å²) in [6.07, 6.45) is 0. The Morgan fingerprint density at radius 3 is 2.20 bits per heavy atom. The molecule has 1 aromatic heterocycles. The Morgan fingerprint density at radius 1 is 0.800 bits per heavy atom. The fourth-order valence-electron chi connectivity index (χ4n) is 3.08. The predicted octanol–water partition coefficient (Wildman–Crippen LogP) is 5.44. The van der Waals surface area contributed by atoms with Crippen molar-refractivity contribution in [3.05, 3.63) is 102 Å². The molecule has 0 saturated heterocycles. The van der Waals surface area contributed by atoms with E-state index < -0.39 is 0 Å². The highest BCUT2D eigenvalue weighted by atomic mass is 16.1. The van der Waals surface area contributed by atoms with Crippen LogP contribution in [0.4, 0.5) is 0 Å². The number of nitrogens with zero attached hydrogens (tertiary/aromatic N) is 1.